The van der Waals surface area contributed by atoms with Gasteiger partial charge in [0.2, 0.25) is 5.88 Å². The number of aromatic hydroxyl groups is 1. The molecule has 7 heteroatoms. The van der Waals surface area contributed by atoms with Crippen LogP contribution in [0.5, 0.6) is 5.88 Å². The molecule has 122 valence electrons. The third-order valence-corrected chi connectivity index (χ3v) is 4.31. The lowest BCUT2D eigenvalue weighted by Crippen LogP contribution is -2.15. The molecule has 2 heterocycles. The van der Waals surface area contributed by atoms with Gasteiger partial charge in [-0.1, -0.05) is 6.07 Å². The molecule has 24 heavy (non-hydrogen) atoms. The monoisotopic (exact) mass is 329 g/mol. The summed E-state index contributed by atoms with van der Waals surface area (Å²) in [5, 5.41) is 9.70. The highest BCUT2D eigenvalue weighted by Gasteiger charge is 2.42. The lowest BCUT2D eigenvalue weighted by molar-refractivity contribution is 0.413. The first-order valence-electron chi connectivity index (χ1n) is 7.45. The van der Waals surface area contributed by atoms with Crippen LogP contribution in [0.3, 0.4) is 0 Å². The van der Waals surface area contributed by atoms with E-state index in [-0.39, 0.29) is 23.5 Å². The summed E-state index contributed by atoms with van der Waals surface area (Å²) in [5.74, 6) is -1.80. The molecule has 0 aliphatic heterocycles. The van der Waals surface area contributed by atoms with Crippen molar-refractivity contribution in [1.82, 2.24) is 14.5 Å². The summed E-state index contributed by atoms with van der Waals surface area (Å²) in [6, 6.07) is 7.13. The second kappa shape index (κ2) is 5.30. The fraction of sp³-hybridized carbons (Fsp3) is 0.176. The number of rotatable bonds is 3. The van der Waals surface area contributed by atoms with Crippen LogP contribution in [0.2, 0.25) is 0 Å². The van der Waals surface area contributed by atoms with Crippen molar-refractivity contribution in [3.05, 3.63) is 70.4 Å². The van der Waals surface area contributed by atoms with Crippen LogP contribution in [-0.2, 0) is 0 Å². The van der Waals surface area contributed by atoms with E-state index < -0.39 is 11.6 Å². The first kappa shape index (κ1) is 14.6. The number of imidazole rings is 1. The molecule has 1 aromatic carbocycles. The maximum Gasteiger partial charge on any atom is 0.328 e. The number of pyridine rings is 1. The first-order chi connectivity index (χ1) is 11.5. The fourth-order valence-electron chi connectivity index (χ4n) is 2.97. The topological polar surface area (TPSA) is 70.9 Å². The maximum absolute atomic E-state index is 13.3. The van der Waals surface area contributed by atoms with Crippen LogP contribution in [0, 0.1) is 11.6 Å². The van der Waals surface area contributed by atoms with Gasteiger partial charge in [-0.05, 0) is 36.2 Å². The summed E-state index contributed by atoms with van der Waals surface area (Å²) in [5.41, 5.74) is 1.62. The summed E-state index contributed by atoms with van der Waals surface area (Å²) in [7, 11) is 0. The van der Waals surface area contributed by atoms with Crippen LogP contribution >= 0.6 is 0 Å². The number of benzene rings is 1. The van der Waals surface area contributed by atoms with Crippen LogP contribution in [0.25, 0.3) is 11.3 Å². The van der Waals surface area contributed by atoms with Crippen molar-refractivity contribution in [2.24, 2.45) is 0 Å². The largest absolute Gasteiger partial charge is 0.493 e. The lowest BCUT2D eigenvalue weighted by atomic mass is 10.1. The van der Waals surface area contributed by atoms with Crippen molar-refractivity contribution in [3.8, 4) is 17.1 Å². The molecule has 0 saturated heterocycles. The number of H-pyrrole nitrogens is 1. The lowest BCUT2D eigenvalue weighted by Gasteiger charge is -2.05. The van der Waals surface area contributed by atoms with Crippen LogP contribution in [-0.4, -0.2) is 19.6 Å². The Hall–Kier alpha value is -2.96. The SMILES string of the molecule is O=c1[nH]cc(O)n1C1CC1c1ccc(-c2ccc(F)c(F)c2)nc1. The number of aromatic amines is 1. The molecule has 4 rings (SSSR count). The molecule has 1 fully saturated rings. The highest BCUT2D eigenvalue weighted by atomic mass is 19.2. The number of halogens is 2. The predicted octanol–water partition coefficient (Wildman–Crippen LogP) is 2.95. The van der Waals surface area contributed by atoms with E-state index in [1.165, 1.54) is 16.8 Å². The smallest absolute Gasteiger partial charge is 0.328 e. The van der Waals surface area contributed by atoms with Gasteiger partial charge in [0.15, 0.2) is 11.6 Å². The second-order valence-corrected chi connectivity index (χ2v) is 5.84. The Morgan fingerprint density at radius 3 is 2.67 bits per heavy atom. The minimum absolute atomic E-state index is 0.0844. The molecule has 0 amide bonds. The van der Waals surface area contributed by atoms with E-state index in [1.807, 2.05) is 6.07 Å². The quantitative estimate of drug-likeness (QED) is 0.776. The van der Waals surface area contributed by atoms with E-state index in [1.54, 1.807) is 12.3 Å². The Kier molecular flexibility index (Phi) is 3.23. The third-order valence-electron chi connectivity index (χ3n) is 4.31. The molecule has 1 aliphatic rings. The van der Waals surface area contributed by atoms with Gasteiger partial charge in [-0.2, -0.15) is 0 Å². The molecule has 3 aromatic rings. The van der Waals surface area contributed by atoms with Crippen LogP contribution in [0.15, 0.2) is 47.5 Å². The Balaban J connectivity index is 1.57. The standard InChI is InChI=1S/C17H13F2N3O2/c18-12-3-1-9(5-13(12)19)14-4-2-10(7-20-14)11-6-15(11)22-16(23)8-21-17(22)24/h1-5,7-8,11,15,23H,6H2,(H,21,24). The van der Waals surface area contributed by atoms with Gasteiger partial charge in [0, 0.05) is 23.7 Å². The van der Waals surface area contributed by atoms with Gasteiger partial charge in [-0.15, -0.1) is 0 Å². The van der Waals surface area contributed by atoms with Gasteiger partial charge in [-0.25, -0.2) is 13.6 Å². The van der Waals surface area contributed by atoms with Crippen molar-refractivity contribution in [2.75, 3.05) is 0 Å². The molecule has 2 N–H and O–H groups in total. The van der Waals surface area contributed by atoms with Crippen molar-refractivity contribution in [2.45, 2.75) is 18.4 Å². The minimum Gasteiger partial charge on any atom is -0.493 e. The van der Waals surface area contributed by atoms with E-state index in [9.17, 15) is 18.7 Å². The van der Waals surface area contributed by atoms with Gasteiger partial charge >= 0.3 is 5.69 Å². The van der Waals surface area contributed by atoms with Crippen LogP contribution in [0.1, 0.15) is 23.9 Å². The molecule has 5 nitrogen and oxygen atoms in total. The van der Waals surface area contributed by atoms with Crippen LogP contribution in [0.4, 0.5) is 8.78 Å². The van der Waals surface area contributed by atoms with E-state index in [4.69, 9.17) is 0 Å². The molecule has 1 saturated carbocycles. The minimum atomic E-state index is -0.914. The average molecular weight is 329 g/mol. The molecule has 2 atom stereocenters. The molecule has 2 unspecified atom stereocenters. The van der Waals surface area contributed by atoms with Crippen LogP contribution < -0.4 is 5.69 Å². The molecule has 1 aliphatic carbocycles. The zero-order valence-corrected chi connectivity index (χ0v) is 12.4. The number of hydrogen-bond acceptors (Lipinski definition) is 3. The summed E-state index contributed by atoms with van der Waals surface area (Å²) in [4.78, 5) is 18.4. The number of hydrogen-bond donors (Lipinski definition) is 2. The summed E-state index contributed by atoms with van der Waals surface area (Å²) in [6.45, 7) is 0. The Morgan fingerprint density at radius 1 is 1.21 bits per heavy atom. The molecule has 0 radical (unpaired) electrons. The van der Waals surface area contributed by atoms with Crippen molar-refractivity contribution in [1.29, 1.82) is 0 Å². The van der Waals surface area contributed by atoms with E-state index >= 15 is 0 Å². The highest BCUT2D eigenvalue weighted by molar-refractivity contribution is 5.59. The summed E-state index contributed by atoms with van der Waals surface area (Å²) < 4.78 is 27.6. The number of nitrogens with one attached hydrogen (secondary N) is 1. The molecular weight excluding hydrogens is 316 g/mol. The number of nitrogens with zero attached hydrogens (tertiary/aromatic N) is 2. The van der Waals surface area contributed by atoms with Gasteiger partial charge in [-0.3, -0.25) is 9.55 Å². The normalized spacial score (nSPS) is 19.4. The van der Waals surface area contributed by atoms with Gasteiger partial charge < -0.3 is 10.1 Å². The van der Waals surface area contributed by atoms with E-state index in [0.29, 0.717) is 11.3 Å². The van der Waals surface area contributed by atoms with Gasteiger partial charge in [0.25, 0.3) is 0 Å². The van der Waals surface area contributed by atoms with E-state index in [2.05, 4.69) is 9.97 Å². The Labute approximate surface area is 135 Å². The van der Waals surface area contributed by atoms with Crippen molar-refractivity contribution in [3.63, 3.8) is 0 Å². The molecule has 2 aromatic heterocycles. The highest BCUT2D eigenvalue weighted by Crippen LogP contribution is 2.51. The maximum atomic E-state index is 13.3. The Morgan fingerprint density at radius 2 is 2.04 bits per heavy atom. The molecule has 0 spiro atoms. The molecular formula is C17H13F2N3O2. The number of aromatic nitrogens is 3. The second-order valence-electron chi connectivity index (χ2n) is 5.84. The zero-order chi connectivity index (χ0) is 16.8. The Bertz CT molecular complexity index is 963. The first-order valence-corrected chi connectivity index (χ1v) is 7.45. The van der Waals surface area contributed by atoms with Gasteiger partial charge in [0.1, 0.15) is 0 Å². The van der Waals surface area contributed by atoms with Crippen molar-refractivity contribution >= 4 is 0 Å². The zero-order valence-electron chi connectivity index (χ0n) is 12.4. The fourth-order valence-corrected chi connectivity index (χ4v) is 2.97. The summed E-state index contributed by atoms with van der Waals surface area (Å²) >= 11 is 0. The van der Waals surface area contributed by atoms with Gasteiger partial charge in [0.05, 0.1) is 11.9 Å². The third kappa shape index (κ3) is 2.38. The molecule has 0 bridgehead atoms. The van der Waals surface area contributed by atoms with Crippen molar-refractivity contribution < 1.29 is 13.9 Å². The van der Waals surface area contributed by atoms with E-state index in [0.717, 1.165) is 24.1 Å². The predicted molar refractivity (Wildman–Crippen MR) is 82.7 cm³/mol. The summed E-state index contributed by atoms with van der Waals surface area (Å²) in [6.07, 6.45) is 3.66. The average Bonchev–Trinajstić information content (AvgIpc) is 3.29.